The first-order chi connectivity index (χ1) is 9.60. The summed E-state index contributed by atoms with van der Waals surface area (Å²) in [5.41, 5.74) is 5.15. The normalized spacial score (nSPS) is 14.3. The van der Waals surface area contributed by atoms with E-state index in [1.54, 1.807) is 6.92 Å². The number of methoxy groups -OCH3 is 2. The van der Waals surface area contributed by atoms with Gasteiger partial charge in [-0.05, 0) is 13.8 Å². The largest absolute Gasteiger partial charge is 1.00 e. The Hall–Kier alpha value is -0.820. The summed E-state index contributed by atoms with van der Waals surface area (Å²) in [5.74, 6) is -2.30. The Morgan fingerprint density at radius 2 is 1.41 bits per heavy atom. The minimum absolute atomic E-state index is 0. The molecule has 0 amide bonds. The molecule has 0 spiro atoms. The van der Waals surface area contributed by atoms with Crippen molar-refractivity contribution >= 4 is 11.9 Å². The summed E-state index contributed by atoms with van der Waals surface area (Å²) >= 11 is 0. The SMILES string of the molecule is CO[C@@H](C)[C@H](N)C(=O)O.CO[C@@H](C)[C@H](O)C(=O)O.O=N[O-].[Na+]. The molecule has 0 aromatic rings. The quantitative estimate of drug-likeness (QED) is 0.212. The van der Waals surface area contributed by atoms with Gasteiger partial charge in [0, 0.05) is 14.2 Å². The second kappa shape index (κ2) is 18.2. The zero-order valence-electron chi connectivity index (χ0n) is 13.1. The van der Waals surface area contributed by atoms with Crippen LogP contribution in [0.4, 0.5) is 0 Å². The molecule has 12 heteroatoms. The van der Waals surface area contributed by atoms with Crippen molar-refractivity contribution in [2.24, 2.45) is 11.1 Å². The van der Waals surface area contributed by atoms with Crippen molar-refractivity contribution in [1.82, 2.24) is 0 Å². The Balaban J connectivity index is -0.000000120. The molecule has 0 aliphatic carbocycles. The molecule has 22 heavy (non-hydrogen) atoms. The molecule has 0 fully saturated rings. The molecule has 0 radical (unpaired) electrons. The second-order valence-electron chi connectivity index (χ2n) is 3.60. The molecular formula is C10H21N2NaO9. The molecule has 4 atom stereocenters. The van der Waals surface area contributed by atoms with Gasteiger partial charge in [0.15, 0.2) is 6.10 Å². The molecule has 0 unspecified atom stereocenters. The summed E-state index contributed by atoms with van der Waals surface area (Å²) in [5, 5.41) is 34.1. The van der Waals surface area contributed by atoms with E-state index < -0.39 is 36.3 Å². The van der Waals surface area contributed by atoms with Gasteiger partial charge in [-0.15, -0.1) is 5.34 Å². The van der Waals surface area contributed by atoms with Crippen LogP contribution < -0.4 is 35.3 Å². The molecular weight excluding hydrogens is 315 g/mol. The smallest absolute Gasteiger partial charge is 0.480 e. The van der Waals surface area contributed by atoms with E-state index in [0.717, 1.165) is 5.34 Å². The fraction of sp³-hybridized carbons (Fsp3) is 0.800. The summed E-state index contributed by atoms with van der Waals surface area (Å²) in [6.07, 6.45) is -2.50. The summed E-state index contributed by atoms with van der Waals surface area (Å²) in [4.78, 5) is 28.1. The maximum absolute atomic E-state index is 10.1. The topological polar surface area (TPSA) is 192 Å². The Bertz CT molecular complexity index is 280. The Kier molecular flexibility index (Phi) is 24.2. The average Bonchev–Trinajstić information content (AvgIpc) is 2.45. The second-order valence-corrected chi connectivity index (χ2v) is 3.60. The van der Waals surface area contributed by atoms with Gasteiger partial charge in [-0.2, -0.15) is 0 Å². The van der Waals surface area contributed by atoms with Gasteiger partial charge in [-0.1, -0.05) is 0 Å². The third-order valence-corrected chi connectivity index (χ3v) is 2.23. The molecule has 0 saturated carbocycles. The van der Waals surface area contributed by atoms with Crippen molar-refractivity contribution in [2.75, 3.05) is 14.2 Å². The molecule has 0 heterocycles. The first-order valence-electron chi connectivity index (χ1n) is 5.50. The number of carboxylic acids is 2. The number of rotatable bonds is 6. The van der Waals surface area contributed by atoms with Gasteiger partial charge in [0.1, 0.15) is 6.04 Å². The van der Waals surface area contributed by atoms with Crippen molar-refractivity contribution < 1.29 is 63.9 Å². The van der Waals surface area contributed by atoms with Crippen molar-refractivity contribution in [1.29, 1.82) is 0 Å². The molecule has 0 aliphatic heterocycles. The van der Waals surface area contributed by atoms with Crippen LogP contribution in [-0.4, -0.2) is 65.8 Å². The molecule has 11 nitrogen and oxygen atoms in total. The molecule has 0 rings (SSSR count). The van der Waals surface area contributed by atoms with Gasteiger partial charge in [-0.3, -0.25) is 4.79 Å². The van der Waals surface area contributed by atoms with E-state index in [1.807, 2.05) is 0 Å². The summed E-state index contributed by atoms with van der Waals surface area (Å²) in [6.45, 7) is 3.09. The summed E-state index contributed by atoms with van der Waals surface area (Å²) in [6, 6.07) is -0.921. The number of aliphatic hydroxyl groups is 1. The molecule has 126 valence electrons. The van der Waals surface area contributed by atoms with E-state index in [2.05, 4.69) is 9.47 Å². The minimum Gasteiger partial charge on any atom is -0.480 e. The molecule has 0 aromatic heterocycles. The van der Waals surface area contributed by atoms with Crippen molar-refractivity contribution in [3.05, 3.63) is 10.1 Å². The minimum atomic E-state index is -1.42. The number of hydrogen-bond acceptors (Lipinski definition) is 9. The maximum Gasteiger partial charge on any atom is 1.00 e. The van der Waals surface area contributed by atoms with Crippen molar-refractivity contribution in [2.45, 2.75) is 38.2 Å². The number of carbonyl (C=O) groups is 2. The zero-order valence-corrected chi connectivity index (χ0v) is 15.1. The van der Waals surface area contributed by atoms with E-state index in [0.29, 0.717) is 0 Å². The van der Waals surface area contributed by atoms with Gasteiger partial charge >= 0.3 is 41.5 Å². The van der Waals surface area contributed by atoms with Gasteiger partial charge < -0.3 is 40.6 Å². The molecule has 0 bridgehead atoms. The van der Waals surface area contributed by atoms with Crippen LogP contribution in [0.5, 0.6) is 0 Å². The number of nitrogens with zero attached hydrogens (tertiary/aromatic N) is 1. The zero-order chi connectivity index (χ0) is 17.6. The number of ether oxygens (including phenoxy) is 2. The van der Waals surface area contributed by atoms with Gasteiger partial charge in [0.2, 0.25) is 0 Å². The third-order valence-electron chi connectivity index (χ3n) is 2.23. The van der Waals surface area contributed by atoms with Gasteiger partial charge in [-0.25, -0.2) is 4.79 Å². The van der Waals surface area contributed by atoms with E-state index in [-0.39, 0.29) is 29.6 Å². The van der Waals surface area contributed by atoms with Gasteiger partial charge in [0.05, 0.1) is 12.2 Å². The van der Waals surface area contributed by atoms with E-state index in [4.69, 9.17) is 31.2 Å². The molecule has 0 saturated heterocycles. The van der Waals surface area contributed by atoms with Crippen molar-refractivity contribution in [3.8, 4) is 0 Å². The van der Waals surface area contributed by atoms with Crippen LogP contribution in [0, 0.1) is 10.1 Å². The predicted octanol–water partition coefficient (Wildman–Crippen LogP) is -3.85. The third kappa shape index (κ3) is 17.2. The first kappa shape index (κ1) is 29.2. The Morgan fingerprint density at radius 3 is 1.50 bits per heavy atom. The van der Waals surface area contributed by atoms with Crippen molar-refractivity contribution in [3.63, 3.8) is 0 Å². The number of nitrogens with two attached hydrogens (primary N) is 1. The molecule has 5 N–H and O–H groups in total. The van der Waals surface area contributed by atoms with E-state index in [1.165, 1.54) is 21.1 Å². The van der Waals surface area contributed by atoms with Crippen LogP contribution in [0.2, 0.25) is 0 Å². The van der Waals surface area contributed by atoms with Gasteiger partial charge in [0.25, 0.3) is 0 Å². The van der Waals surface area contributed by atoms with Crippen LogP contribution in [-0.2, 0) is 19.1 Å². The first-order valence-corrected chi connectivity index (χ1v) is 5.50. The van der Waals surface area contributed by atoms with Crippen LogP contribution in [0.25, 0.3) is 0 Å². The number of aliphatic hydroxyl groups excluding tert-OH is 1. The standard InChI is InChI=1S/C5H11NO3.C5H10O4.HNO2.Na/c2*1-3(9-2)4(6)5(7)8;2-1-3;/h3-4H,6H2,1-2H3,(H,7,8);3-4,6H,1-2H3,(H,7,8);(H,2,3);/q;;;+1/p-1/t2*3-,4-;;/m00../s1. The molecule has 0 aliphatic rings. The number of aliphatic carboxylic acids is 2. The Labute approximate surface area is 149 Å². The summed E-state index contributed by atoms with van der Waals surface area (Å²) in [7, 11) is 2.77. The van der Waals surface area contributed by atoms with Crippen LogP contribution in [0.15, 0.2) is 5.34 Å². The van der Waals surface area contributed by atoms with Crippen LogP contribution in [0.3, 0.4) is 0 Å². The Morgan fingerprint density at radius 1 is 1.09 bits per heavy atom. The fourth-order valence-corrected chi connectivity index (χ4v) is 0.677. The molecule has 0 aromatic carbocycles. The maximum atomic E-state index is 10.1. The summed E-state index contributed by atoms with van der Waals surface area (Å²) < 4.78 is 9.21. The number of carboxylic acid groups (broad SMARTS) is 2. The number of hydrogen-bond donors (Lipinski definition) is 4. The predicted molar refractivity (Wildman–Crippen MR) is 71.4 cm³/mol. The monoisotopic (exact) mass is 336 g/mol. The van der Waals surface area contributed by atoms with Crippen LogP contribution >= 0.6 is 0 Å². The van der Waals surface area contributed by atoms with E-state index in [9.17, 15) is 9.59 Å². The average molecular weight is 336 g/mol. The fourth-order valence-electron chi connectivity index (χ4n) is 0.677. The van der Waals surface area contributed by atoms with E-state index >= 15 is 0 Å². The van der Waals surface area contributed by atoms with Crippen LogP contribution in [0.1, 0.15) is 13.8 Å².